The maximum Gasteiger partial charge on any atom is 0.471 e. The molecule has 2 aromatic rings. The van der Waals surface area contributed by atoms with Crippen LogP contribution in [0.4, 0.5) is 13.2 Å². The number of rotatable bonds is 6. The Morgan fingerprint density at radius 3 is 2.62 bits per heavy atom. The van der Waals surface area contributed by atoms with Crippen LogP contribution in [0.15, 0.2) is 28.8 Å². The van der Waals surface area contributed by atoms with E-state index in [1.165, 1.54) is 38.5 Å². The molecule has 0 spiro atoms. The summed E-state index contributed by atoms with van der Waals surface area (Å²) in [4.78, 5) is 15.3. The molecule has 0 aliphatic heterocycles. The minimum Gasteiger partial charge on any atom is -0.354 e. The molecule has 2 rings (SSSR count). The topological polar surface area (TPSA) is 86.5 Å². The van der Waals surface area contributed by atoms with Gasteiger partial charge in [0.25, 0.3) is 5.91 Å². The Kier molecular flexibility index (Phi) is 5.52. The summed E-state index contributed by atoms with van der Waals surface area (Å²) < 4.78 is 51.5. The fourth-order valence-electron chi connectivity index (χ4n) is 1.80. The third-order valence-electron chi connectivity index (χ3n) is 3.01. The van der Waals surface area contributed by atoms with Gasteiger partial charge in [0.15, 0.2) is 6.29 Å². The molecule has 0 bridgehead atoms. The van der Waals surface area contributed by atoms with Crippen LogP contribution in [0.2, 0.25) is 0 Å². The second-order valence-corrected chi connectivity index (χ2v) is 4.61. The number of hydrogen-bond donors (Lipinski definition) is 1. The SMILES string of the molecule is COC(CNC(=O)c1cccc(-c2noc(C(F)(F)F)n2)c1)OC. The van der Waals surface area contributed by atoms with Gasteiger partial charge in [-0.1, -0.05) is 17.3 Å². The zero-order valence-electron chi connectivity index (χ0n) is 12.8. The lowest BCUT2D eigenvalue weighted by Gasteiger charge is -2.14. The first-order valence-electron chi connectivity index (χ1n) is 6.70. The summed E-state index contributed by atoms with van der Waals surface area (Å²) in [5, 5.41) is 5.85. The smallest absolute Gasteiger partial charge is 0.354 e. The lowest BCUT2D eigenvalue weighted by molar-refractivity contribution is -0.159. The molecule has 0 aliphatic rings. The summed E-state index contributed by atoms with van der Waals surface area (Å²) in [6.07, 6.45) is -5.33. The van der Waals surface area contributed by atoms with Crippen LogP contribution >= 0.6 is 0 Å². The van der Waals surface area contributed by atoms with Gasteiger partial charge in [0, 0.05) is 25.3 Å². The fourth-order valence-corrected chi connectivity index (χ4v) is 1.80. The molecule has 1 aromatic heterocycles. The number of halogens is 3. The Labute approximate surface area is 134 Å². The third kappa shape index (κ3) is 4.30. The molecule has 0 saturated carbocycles. The predicted octanol–water partition coefficient (Wildman–Crippen LogP) is 2.10. The zero-order valence-corrected chi connectivity index (χ0v) is 12.8. The third-order valence-corrected chi connectivity index (χ3v) is 3.01. The maximum atomic E-state index is 12.5. The Bertz CT molecular complexity index is 699. The molecule has 1 N–H and O–H groups in total. The van der Waals surface area contributed by atoms with E-state index in [0.717, 1.165) is 0 Å². The van der Waals surface area contributed by atoms with Crippen LogP contribution in [0.1, 0.15) is 16.2 Å². The van der Waals surface area contributed by atoms with Gasteiger partial charge in [0.1, 0.15) is 0 Å². The number of alkyl halides is 3. The van der Waals surface area contributed by atoms with Crippen molar-refractivity contribution in [2.24, 2.45) is 0 Å². The van der Waals surface area contributed by atoms with Gasteiger partial charge >= 0.3 is 12.1 Å². The highest BCUT2D eigenvalue weighted by atomic mass is 19.4. The van der Waals surface area contributed by atoms with Crippen molar-refractivity contribution in [3.63, 3.8) is 0 Å². The predicted molar refractivity (Wildman–Crippen MR) is 74.9 cm³/mol. The number of hydrogen-bond acceptors (Lipinski definition) is 6. The standard InChI is InChI=1S/C14H14F3N3O4/c1-22-10(23-2)7-18-12(21)9-5-3-4-8(6-9)11-19-13(24-20-11)14(15,16)17/h3-6,10H,7H2,1-2H3,(H,18,21). The first kappa shape index (κ1) is 17.9. The van der Waals surface area contributed by atoms with Crippen LogP contribution in [0, 0.1) is 0 Å². The number of aromatic nitrogens is 2. The minimum absolute atomic E-state index is 0.108. The lowest BCUT2D eigenvalue weighted by Crippen LogP contribution is -2.34. The number of amides is 1. The summed E-state index contributed by atoms with van der Waals surface area (Å²) in [7, 11) is 2.85. The number of carbonyl (C=O) groups excluding carboxylic acids is 1. The molecule has 1 heterocycles. The molecule has 0 atom stereocenters. The van der Waals surface area contributed by atoms with Crippen molar-refractivity contribution in [1.82, 2.24) is 15.5 Å². The van der Waals surface area contributed by atoms with E-state index in [1.807, 2.05) is 0 Å². The number of nitrogens with zero attached hydrogens (tertiary/aromatic N) is 2. The first-order chi connectivity index (χ1) is 11.3. The molecule has 130 valence electrons. The lowest BCUT2D eigenvalue weighted by atomic mass is 10.1. The number of ether oxygens (including phenoxy) is 2. The molecule has 10 heteroatoms. The van der Waals surface area contributed by atoms with E-state index in [2.05, 4.69) is 20.0 Å². The van der Waals surface area contributed by atoms with Crippen molar-refractivity contribution in [3.05, 3.63) is 35.7 Å². The van der Waals surface area contributed by atoms with Gasteiger partial charge in [0.2, 0.25) is 5.82 Å². The molecular formula is C14H14F3N3O4. The highest BCUT2D eigenvalue weighted by Gasteiger charge is 2.38. The van der Waals surface area contributed by atoms with Crippen molar-refractivity contribution < 1.29 is 32.0 Å². The summed E-state index contributed by atoms with van der Waals surface area (Å²) in [5.41, 5.74) is 0.439. The number of nitrogens with one attached hydrogen (secondary N) is 1. The van der Waals surface area contributed by atoms with Gasteiger partial charge in [-0.2, -0.15) is 18.2 Å². The molecule has 1 aromatic carbocycles. The quantitative estimate of drug-likeness (QED) is 0.807. The van der Waals surface area contributed by atoms with Crippen LogP contribution in [0.5, 0.6) is 0 Å². The highest BCUT2D eigenvalue weighted by Crippen LogP contribution is 2.29. The largest absolute Gasteiger partial charge is 0.471 e. The van der Waals surface area contributed by atoms with Crippen LogP contribution in [-0.2, 0) is 15.7 Å². The van der Waals surface area contributed by atoms with Gasteiger partial charge in [-0.05, 0) is 12.1 Å². The normalized spacial score (nSPS) is 11.8. The van der Waals surface area contributed by atoms with Gasteiger partial charge < -0.3 is 19.3 Å². The van der Waals surface area contributed by atoms with Crippen LogP contribution < -0.4 is 5.32 Å². The van der Waals surface area contributed by atoms with Crippen molar-refractivity contribution >= 4 is 5.91 Å². The van der Waals surface area contributed by atoms with E-state index < -0.39 is 24.3 Å². The zero-order chi connectivity index (χ0) is 17.7. The summed E-state index contributed by atoms with van der Waals surface area (Å²) >= 11 is 0. The number of methoxy groups -OCH3 is 2. The fraction of sp³-hybridized carbons (Fsp3) is 0.357. The molecule has 24 heavy (non-hydrogen) atoms. The second-order valence-electron chi connectivity index (χ2n) is 4.61. The molecule has 0 radical (unpaired) electrons. The first-order valence-corrected chi connectivity index (χ1v) is 6.70. The van der Waals surface area contributed by atoms with Crippen molar-refractivity contribution in [2.45, 2.75) is 12.5 Å². The van der Waals surface area contributed by atoms with E-state index in [0.29, 0.717) is 0 Å². The number of benzene rings is 1. The molecule has 1 amide bonds. The molecular weight excluding hydrogens is 331 g/mol. The van der Waals surface area contributed by atoms with Gasteiger partial charge in [-0.3, -0.25) is 4.79 Å². The van der Waals surface area contributed by atoms with Crippen LogP contribution in [-0.4, -0.2) is 43.1 Å². The van der Waals surface area contributed by atoms with E-state index >= 15 is 0 Å². The Morgan fingerprint density at radius 2 is 2.04 bits per heavy atom. The van der Waals surface area contributed by atoms with Gasteiger partial charge in [-0.25, -0.2) is 0 Å². The highest BCUT2D eigenvalue weighted by molar-refractivity contribution is 5.95. The molecule has 0 aliphatic carbocycles. The average molecular weight is 345 g/mol. The Morgan fingerprint density at radius 1 is 1.33 bits per heavy atom. The van der Waals surface area contributed by atoms with Gasteiger partial charge in [0.05, 0.1) is 6.54 Å². The molecule has 0 unspecified atom stereocenters. The molecule has 0 saturated heterocycles. The average Bonchev–Trinajstić information content (AvgIpc) is 3.06. The van der Waals surface area contributed by atoms with E-state index in [-0.39, 0.29) is 23.5 Å². The maximum absolute atomic E-state index is 12.5. The van der Waals surface area contributed by atoms with E-state index in [4.69, 9.17) is 9.47 Å². The number of carbonyl (C=O) groups is 1. The summed E-state index contributed by atoms with van der Waals surface area (Å²) in [6, 6.07) is 5.82. The van der Waals surface area contributed by atoms with Crippen LogP contribution in [0.25, 0.3) is 11.4 Å². The second kappa shape index (κ2) is 7.41. The summed E-state index contributed by atoms with van der Waals surface area (Å²) in [5.74, 6) is -2.16. The van der Waals surface area contributed by atoms with Crippen molar-refractivity contribution in [3.8, 4) is 11.4 Å². The van der Waals surface area contributed by atoms with E-state index in [1.54, 1.807) is 0 Å². The van der Waals surface area contributed by atoms with Gasteiger partial charge in [-0.15, -0.1) is 0 Å². The molecule has 0 fully saturated rings. The van der Waals surface area contributed by atoms with Crippen molar-refractivity contribution in [2.75, 3.05) is 20.8 Å². The Balaban J connectivity index is 2.14. The summed E-state index contributed by atoms with van der Waals surface area (Å²) in [6.45, 7) is 0.108. The monoisotopic (exact) mass is 345 g/mol. The minimum atomic E-state index is -4.73. The Hall–Kier alpha value is -2.46. The molecule has 7 nitrogen and oxygen atoms in total. The van der Waals surface area contributed by atoms with Crippen molar-refractivity contribution in [1.29, 1.82) is 0 Å². The van der Waals surface area contributed by atoms with E-state index in [9.17, 15) is 18.0 Å². The van der Waals surface area contributed by atoms with Crippen LogP contribution in [0.3, 0.4) is 0 Å².